The van der Waals surface area contributed by atoms with E-state index in [1.54, 1.807) is 30.5 Å². The van der Waals surface area contributed by atoms with Crippen LogP contribution in [0, 0.1) is 0 Å². The lowest BCUT2D eigenvalue weighted by Gasteiger charge is -2.26. The van der Waals surface area contributed by atoms with Crippen LogP contribution < -0.4 is 9.64 Å². The fraction of sp³-hybridized carbons (Fsp3) is 0.174. The number of aromatic nitrogens is 2. The summed E-state index contributed by atoms with van der Waals surface area (Å²) < 4.78 is 13.2. The molecule has 158 valence electrons. The number of hydrogen-bond donors (Lipinski definition) is 0. The highest BCUT2D eigenvalue weighted by molar-refractivity contribution is 9.10. The Morgan fingerprint density at radius 1 is 1.03 bits per heavy atom. The molecule has 0 radical (unpaired) electrons. The number of rotatable bonds is 4. The number of fused-ring (bicyclic) bond motifs is 1. The van der Waals surface area contributed by atoms with Gasteiger partial charge in [0.2, 0.25) is 11.0 Å². The lowest BCUT2D eigenvalue weighted by molar-refractivity contribution is 0.0599. The standard InChI is InChI=1S/C23H20BrN3O3S/c1-23(2,3)30-22(28)27(21-26-18-8-4-5-9-19(18)31-21)15-10-12-16(13-11-15)29-20-17(24)7-6-14-25-20/h4-14H,1-3H3. The van der Waals surface area contributed by atoms with Gasteiger partial charge in [-0.2, -0.15) is 0 Å². The van der Waals surface area contributed by atoms with E-state index >= 15 is 0 Å². The molecule has 31 heavy (non-hydrogen) atoms. The van der Waals surface area contributed by atoms with Gasteiger partial charge in [-0.15, -0.1) is 0 Å². The average molecular weight is 498 g/mol. The molecular formula is C23H20BrN3O3S. The number of carbonyl (C=O) groups excluding carboxylic acids is 1. The molecule has 2 heterocycles. The number of hydrogen-bond acceptors (Lipinski definition) is 6. The minimum absolute atomic E-state index is 0.463. The molecule has 0 unspecified atom stereocenters. The highest BCUT2D eigenvalue weighted by Gasteiger charge is 2.27. The van der Waals surface area contributed by atoms with Crippen LogP contribution in [0.4, 0.5) is 15.6 Å². The third-order valence-electron chi connectivity index (χ3n) is 4.08. The van der Waals surface area contributed by atoms with Crippen molar-refractivity contribution >= 4 is 54.4 Å². The van der Waals surface area contributed by atoms with Crippen LogP contribution in [0.5, 0.6) is 11.6 Å². The van der Waals surface area contributed by atoms with Gasteiger partial charge in [0.25, 0.3) is 0 Å². The third kappa shape index (κ3) is 5.03. The number of amides is 1. The van der Waals surface area contributed by atoms with E-state index < -0.39 is 11.7 Å². The molecule has 0 aliphatic heterocycles. The van der Waals surface area contributed by atoms with E-state index in [0.29, 0.717) is 22.4 Å². The first-order chi connectivity index (χ1) is 14.8. The molecule has 0 saturated heterocycles. The second kappa shape index (κ2) is 8.64. The first-order valence-electron chi connectivity index (χ1n) is 9.57. The zero-order chi connectivity index (χ0) is 22.0. The van der Waals surface area contributed by atoms with Crippen LogP contribution >= 0.6 is 27.3 Å². The Labute approximate surface area is 192 Å². The van der Waals surface area contributed by atoms with Crippen molar-refractivity contribution in [3.05, 3.63) is 71.3 Å². The normalized spacial score (nSPS) is 11.4. The van der Waals surface area contributed by atoms with Crippen molar-refractivity contribution in [2.24, 2.45) is 0 Å². The zero-order valence-electron chi connectivity index (χ0n) is 17.2. The summed E-state index contributed by atoms with van der Waals surface area (Å²) in [6, 6.07) is 18.6. The summed E-state index contributed by atoms with van der Waals surface area (Å²) >= 11 is 4.85. The number of ether oxygens (including phenoxy) is 2. The maximum atomic E-state index is 13.1. The molecule has 8 heteroatoms. The zero-order valence-corrected chi connectivity index (χ0v) is 19.6. The monoisotopic (exact) mass is 497 g/mol. The van der Waals surface area contributed by atoms with Gasteiger partial charge in [0.15, 0.2) is 0 Å². The SMILES string of the molecule is CC(C)(C)OC(=O)N(c1ccc(Oc2ncccc2Br)cc1)c1nc2ccccc2s1. The molecule has 0 spiro atoms. The van der Waals surface area contributed by atoms with E-state index in [4.69, 9.17) is 9.47 Å². The molecule has 2 aromatic carbocycles. The van der Waals surface area contributed by atoms with E-state index in [1.165, 1.54) is 16.2 Å². The number of thiazole rings is 1. The smallest absolute Gasteiger partial charge is 0.421 e. The van der Waals surface area contributed by atoms with E-state index in [9.17, 15) is 4.79 Å². The summed E-state index contributed by atoms with van der Waals surface area (Å²) in [7, 11) is 0. The van der Waals surface area contributed by atoms with Crippen LogP contribution in [0.2, 0.25) is 0 Å². The van der Waals surface area contributed by atoms with Crippen LogP contribution in [-0.4, -0.2) is 21.7 Å². The van der Waals surface area contributed by atoms with Gasteiger partial charge in [0.05, 0.1) is 20.4 Å². The van der Waals surface area contributed by atoms with Gasteiger partial charge >= 0.3 is 6.09 Å². The highest BCUT2D eigenvalue weighted by atomic mass is 79.9. The fourth-order valence-electron chi connectivity index (χ4n) is 2.78. The Hall–Kier alpha value is -2.97. The number of pyridine rings is 1. The molecule has 0 N–H and O–H groups in total. The minimum Gasteiger partial charge on any atom is -0.443 e. The highest BCUT2D eigenvalue weighted by Crippen LogP contribution is 2.36. The van der Waals surface area contributed by atoms with Gasteiger partial charge in [0.1, 0.15) is 11.4 Å². The molecule has 0 saturated carbocycles. The van der Waals surface area contributed by atoms with Gasteiger partial charge in [-0.05, 0) is 85.2 Å². The number of halogens is 1. The average Bonchev–Trinajstić information content (AvgIpc) is 3.13. The minimum atomic E-state index is -0.639. The van der Waals surface area contributed by atoms with Crippen LogP contribution in [-0.2, 0) is 4.74 Å². The predicted molar refractivity (Wildman–Crippen MR) is 126 cm³/mol. The van der Waals surface area contributed by atoms with Gasteiger partial charge < -0.3 is 9.47 Å². The number of benzene rings is 2. The number of carbonyl (C=O) groups is 1. The van der Waals surface area contributed by atoms with Crippen LogP contribution in [0.15, 0.2) is 71.3 Å². The molecule has 0 atom stereocenters. The van der Waals surface area contributed by atoms with Crippen LogP contribution in [0.1, 0.15) is 20.8 Å². The van der Waals surface area contributed by atoms with Crippen molar-refractivity contribution in [1.29, 1.82) is 0 Å². The molecule has 0 bridgehead atoms. The van der Waals surface area contributed by atoms with Crippen molar-refractivity contribution in [1.82, 2.24) is 9.97 Å². The van der Waals surface area contributed by atoms with Crippen LogP contribution in [0.3, 0.4) is 0 Å². The lowest BCUT2D eigenvalue weighted by Crippen LogP contribution is -2.33. The summed E-state index contributed by atoms with van der Waals surface area (Å²) in [5, 5.41) is 0.539. The summed E-state index contributed by atoms with van der Waals surface area (Å²) in [6.07, 6.45) is 1.17. The van der Waals surface area contributed by atoms with E-state index in [-0.39, 0.29) is 0 Å². The molecule has 2 aromatic heterocycles. The molecule has 4 rings (SSSR count). The number of para-hydroxylation sites is 1. The Morgan fingerprint density at radius 2 is 1.77 bits per heavy atom. The van der Waals surface area contributed by atoms with E-state index in [1.807, 2.05) is 57.2 Å². The molecule has 6 nitrogen and oxygen atoms in total. The fourth-order valence-corrected chi connectivity index (χ4v) is 4.09. The third-order valence-corrected chi connectivity index (χ3v) is 5.71. The Morgan fingerprint density at radius 3 is 2.45 bits per heavy atom. The van der Waals surface area contributed by atoms with Gasteiger partial charge in [0, 0.05) is 6.20 Å². The molecule has 0 aliphatic rings. The molecule has 0 aliphatic carbocycles. The summed E-state index contributed by atoms with van der Waals surface area (Å²) in [4.78, 5) is 23.4. The van der Waals surface area contributed by atoms with Crippen molar-refractivity contribution in [2.75, 3.05) is 4.90 Å². The molecule has 1 amide bonds. The largest absolute Gasteiger partial charge is 0.443 e. The van der Waals surface area contributed by atoms with Crippen LogP contribution in [0.25, 0.3) is 10.2 Å². The maximum Gasteiger partial charge on any atom is 0.421 e. The van der Waals surface area contributed by atoms with E-state index in [2.05, 4.69) is 25.9 Å². The van der Waals surface area contributed by atoms with Crippen molar-refractivity contribution in [3.63, 3.8) is 0 Å². The quantitative estimate of drug-likeness (QED) is 0.295. The molecule has 0 fully saturated rings. The topological polar surface area (TPSA) is 64.5 Å². The van der Waals surface area contributed by atoms with Gasteiger partial charge in [-0.1, -0.05) is 23.5 Å². The molecular weight excluding hydrogens is 478 g/mol. The molecule has 4 aromatic rings. The Bertz CT molecular complexity index is 1190. The number of anilines is 2. The predicted octanol–water partition coefficient (Wildman–Crippen LogP) is 7.32. The van der Waals surface area contributed by atoms with Crippen molar-refractivity contribution < 1.29 is 14.3 Å². The Balaban J connectivity index is 1.67. The summed E-state index contributed by atoms with van der Waals surface area (Å²) in [5.41, 5.74) is 0.817. The maximum absolute atomic E-state index is 13.1. The van der Waals surface area contributed by atoms with E-state index in [0.717, 1.165) is 14.7 Å². The number of nitrogens with zero attached hydrogens (tertiary/aromatic N) is 3. The lowest BCUT2D eigenvalue weighted by atomic mass is 10.2. The summed E-state index contributed by atoms with van der Waals surface area (Å²) in [6.45, 7) is 5.51. The van der Waals surface area contributed by atoms with Gasteiger partial charge in [-0.3, -0.25) is 0 Å². The first-order valence-corrected chi connectivity index (χ1v) is 11.2. The van der Waals surface area contributed by atoms with Crippen molar-refractivity contribution in [3.8, 4) is 11.6 Å². The van der Waals surface area contributed by atoms with Gasteiger partial charge in [-0.25, -0.2) is 19.7 Å². The second-order valence-electron chi connectivity index (χ2n) is 7.67. The Kier molecular flexibility index (Phi) is 5.93. The van der Waals surface area contributed by atoms with Crippen molar-refractivity contribution in [2.45, 2.75) is 26.4 Å². The second-order valence-corrected chi connectivity index (χ2v) is 9.53. The summed E-state index contributed by atoms with van der Waals surface area (Å²) in [5.74, 6) is 1.06. The first kappa shape index (κ1) is 21.3.